The minimum atomic E-state index is -3.74. The molecule has 0 saturated heterocycles. The molecule has 1 aromatic carbocycles. The van der Waals surface area contributed by atoms with Gasteiger partial charge in [0.05, 0.1) is 4.90 Å². The third kappa shape index (κ3) is 3.54. The zero-order valence-corrected chi connectivity index (χ0v) is 9.25. The van der Waals surface area contributed by atoms with Gasteiger partial charge in [0.25, 0.3) is 0 Å². The molecule has 82 valence electrons. The van der Waals surface area contributed by atoms with Crippen molar-refractivity contribution in [2.24, 2.45) is 0 Å². The van der Waals surface area contributed by atoms with Crippen LogP contribution >= 0.6 is 12.6 Å². The van der Waals surface area contributed by atoms with Crippen molar-refractivity contribution >= 4 is 28.6 Å². The van der Waals surface area contributed by atoms with E-state index in [0.29, 0.717) is 4.90 Å². The molecule has 0 unspecified atom stereocenters. The fraction of sp³-hybridized carbons (Fsp3) is 0.125. The summed E-state index contributed by atoms with van der Waals surface area (Å²) in [7, 11) is -3.74. The van der Waals surface area contributed by atoms with Crippen LogP contribution in [0.1, 0.15) is 0 Å². The van der Waals surface area contributed by atoms with E-state index in [9.17, 15) is 13.2 Å². The zero-order valence-electron chi connectivity index (χ0n) is 7.54. The molecule has 0 aliphatic heterocycles. The lowest BCUT2D eigenvalue weighted by atomic mass is 10.4. The van der Waals surface area contributed by atoms with Gasteiger partial charge < -0.3 is 5.11 Å². The summed E-state index contributed by atoms with van der Waals surface area (Å²) < 4.78 is 24.8. The van der Waals surface area contributed by atoms with Crippen LogP contribution in [-0.2, 0) is 14.8 Å². The highest BCUT2D eigenvalue weighted by atomic mass is 32.2. The van der Waals surface area contributed by atoms with E-state index in [1.54, 1.807) is 0 Å². The molecule has 0 heterocycles. The molecule has 7 heteroatoms. The van der Waals surface area contributed by atoms with Crippen LogP contribution in [0.25, 0.3) is 0 Å². The van der Waals surface area contributed by atoms with Gasteiger partial charge in [-0.3, -0.25) is 4.79 Å². The number of aliphatic carboxylic acids is 1. The summed E-state index contributed by atoms with van der Waals surface area (Å²) in [6, 6.07) is 5.73. The van der Waals surface area contributed by atoms with E-state index in [1.807, 2.05) is 4.72 Å². The summed E-state index contributed by atoms with van der Waals surface area (Å²) in [4.78, 5) is 10.8. The number of carbonyl (C=O) groups is 1. The lowest BCUT2D eigenvalue weighted by Gasteiger charge is -2.04. The maximum atomic E-state index is 11.4. The Labute approximate surface area is 92.6 Å². The summed E-state index contributed by atoms with van der Waals surface area (Å²) in [5.41, 5.74) is 0. The van der Waals surface area contributed by atoms with E-state index in [2.05, 4.69) is 12.6 Å². The monoisotopic (exact) mass is 247 g/mol. The topological polar surface area (TPSA) is 83.5 Å². The Morgan fingerprint density at radius 3 is 2.33 bits per heavy atom. The molecule has 0 bridgehead atoms. The highest BCUT2D eigenvalue weighted by Gasteiger charge is 2.14. The number of thiol groups is 1. The largest absolute Gasteiger partial charge is 0.480 e. The highest BCUT2D eigenvalue weighted by Crippen LogP contribution is 2.12. The van der Waals surface area contributed by atoms with Crippen LogP contribution in [0.3, 0.4) is 0 Å². The van der Waals surface area contributed by atoms with Crippen molar-refractivity contribution in [3.8, 4) is 0 Å². The van der Waals surface area contributed by atoms with Crippen molar-refractivity contribution in [1.29, 1.82) is 0 Å². The molecule has 5 nitrogen and oxygen atoms in total. The Morgan fingerprint density at radius 2 is 1.87 bits per heavy atom. The summed E-state index contributed by atoms with van der Waals surface area (Å²) in [5.74, 6) is -1.23. The lowest BCUT2D eigenvalue weighted by Crippen LogP contribution is -2.29. The van der Waals surface area contributed by atoms with Gasteiger partial charge in [-0.05, 0) is 24.3 Å². The first-order chi connectivity index (χ1) is 6.92. The van der Waals surface area contributed by atoms with Crippen molar-refractivity contribution < 1.29 is 18.3 Å². The van der Waals surface area contributed by atoms with Gasteiger partial charge in [0, 0.05) is 4.90 Å². The van der Waals surface area contributed by atoms with E-state index >= 15 is 0 Å². The molecular formula is C8H9NO4S2. The van der Waals surface area contributed by atoms with Gasteiger partial charge in [0.15, 0.2) is 0 Å². The molecule has 0 aliphatic carbocycles. The predicted octanol–water partition coefficient (Wildman–Crippen LogP) is 0.338. The van der Waals surface area contributed by atoms with Crippen LogP contribution in [0.2, 0.25) is 0 Å². The number of nitrogens with one attached hydrogen (secondary N) is 1. The minimum Gasteiger partial charge on any atom is -0.480 e. The van der Waals surface area contributed by atoms with E-state index in [4.69, 9.17) is 5.11 Å². The van der Waals surface area contributed by atoms with Crippen molar-refractivity contribution in [3.63, 3.8) is 0 Å². The first-order valence-corrected chi connectivity index (χ1v) is 5.85. The average Bonchev–Trinajstić information content (AvgIpc) is 2.16. The highest BCUT2D eigenvalue weighted by molar-refractivity contribution is 7.89. The van der Waals surface area contributed by atoms with E-state index < -0.39 is 22.5 Å². The molecule has 0 saturated carbocycles. The Balaban J connectivity index is 2.87. The third-order valence-electron chi connectivity index (χ3n) is 1.56. The molecule has 0 aliphatic rings. The fourth-order valence-electron chi connectivity index (χ4n) is 0.865. The van der Waals surface area contributed by atoms with Gasteiger partial charge in [0.2, 0.25) is 10.0 Å². The maximum absolute atomic E-state index is 11.4. The summed E-state index contributed by atoms with van der Waals surface area (Å²) in [5, 5.41) is 8.33. The summed E-state index contributed by atoms with van der Waals surface area (Å²) in [6.45, 7) is -0.634. The molecule has 0 aromatic heterocycles. The van der Waals surface area contributed by atoms with Gasteiger partial charge >= 0.3 is 5.97 Å². The quantitative estimate of drug-likeness (QED) is 0.670. The molecule has 0 radical (unpaired) electrons. The predicted molar refractivity (Wildman–Crippen MR) is 56.5 cm³/mol. The standard InChI is InChI=1S/C8H9NO4S2/c10-8(11)5-9-15(12,13)7-3-1-6(14)2-4-7/h1-4,9,14H,5H2,(H,10,11). The second kappa shape index (κ2) is 4.65. The van der Waals surface area contributed by atoms with Gasteiger partial charge in [-0.2, -0.15) is 4.72 Å². The van der Waals surface area contributed by atoms with E-state index in [0.717, 1.165) is 0 Å². The Bertz CT molecular complexity index is 452. The van der Waals surface area contributed by atoms with E-state index in [1.165, 1.54) is 24.3 Å². The van der Waals surface area contributed by atoms with Gasteiger partial charge in [-0.25, -0.2) is 8.42 Å². The van der Waals surface area contributed by atoms with Crippen molar-refractivity contribution in [2.45, 2.75) is 9.79 Å². The molecule has 0 fully saturated rings. The van der Waals surface area contributed by atoms with Crippen LogP contribution in [0.4, 0.5) is 0 Å². The normalized spacial score (nSPS) is 11.3. The molecule has 0 atom stereocenters. The smallest absolute Gasteiger partial charge is 0.318 e. The van der Waals surface area contributed by atoms with E-state index in [-0.39, 0.29) is 4.90 Å². The van der Waals surface area contributed by atoms with Crippen molar-refractivity contribution in [1.82, 2.24) is 4.72 Å². The van der Waals surface area contributed by atoms with Crippen LogP contribution < -0.4 is 4.72 Å². The zero-order chi connectivity index (χ0) is 11.5. The first kappa shape index (κ1) is 12.0. The van der Waals surface area contributed by atoms with Crippen LogP contribution in [0, 0.1) is 0 Å². The number of benzene rings is 1. The van der Waals surface area contributed by atoms with Gasteiger partial charge in [0.1, 0.15) is 6.54 Å². The molecular weight excluding hydrogens is 238 g/mol. The Hall–Kier alpha value is -1.05. The fourth-order valence-corrected chi connectivity index (χ4v) is 1.99. The average molecular weight is 247 g/mol. The third-order valence-corrected chi connectivity index (χ3v) is 3.28. The first-order valence-electron chi connectivity index (χ1n) is 3.92. The molecule has 0 amide bonds. The van der Waals surface area contributed by atoms with Crippen LogP contribution in [0.5, 0.6) is 0 Å². The number of sulfonamides is 1. The summed E-state index contributed by atoms with van der Waals surface area (Å²) in [6.07, 6.45) is 0. The SMILES string of the molecule is O=C(O)CNS(=O)(=O)c1ccc(S)cc1. The minimum absolute atomic E-state index is 0.0153. The number of carboxylic acid groups (broad SMARTS) is 1. The molecule has 2 N–H and O–H groups in total. The second-order valence-corrected chi connectivity index (χ2v) is 5.00. The number of rotatable bonds is 4. The summed E-state index contributed by atoms with van der Waals surface area (Å²) >= 11 is 4.00. The lowest BCUT2D eigenvalue weighted by molar-refractivity contribution is -0.135. The number of hydrogen-bond acceptors (Lipinski definition) is 4. The van der Waals surface area contributed by atoms with Crippen LogP contribution in [-0.4, -0.2) is 26.0 Å². The van der Waals surface area contributed by atoms with Crippen molar-refractivity contribution in [2.75, 3.05) is 6.54 Å². The second-order valence-electron chi connectivity index (χ2n) is 2.71. The molecule has 1 rings (SSSR count). The van der Waals surface area contributed by atoms with Crippen molar-refractivity contribution in [3.05, 3.63) is 24.3 Å². The number of carboxylic acids is 1. The Kier molecular flexibility index (Phi) is 3.72. The van der Waals surface area contributed by atoms with Gasteiger partial charge in [-0.1, -0.05) is 0 Å². The molecule has 15 heavy (non-hydrogen) atoms. The van der Waals surface area contributed by atoms with Crippen LogP contribution in [0.15, 0.2) is 34.1 Å². The molecule has 1 aromatic rings. The maximum Gasteiger partial charge on any atom is 0.318 e. The molecule has 0 spiro atoms. The number of hydrogen-bond donors (Lipinski definition) is 3. The Morgan fingerprint density at radius 1 is 1.33 bits per heavy atom. The van der Waals surface area contributed by atoms with Gasteiger partial charge in [-0.15, -0.1) is 12.6 Å².